The van der Waals surface area contributed by atoms with Crippen LogP contribution in [0, 0.1) is 11.7 Å². The fraction of sp³-hybridized carbons (Fsp3) is 0.455. The molecule has 1 N–H and O–H groups in total. The molecule has 1 nitrogen and oxygen atoms in total. The van der Waals surface area contributed by atoms with Crippen LogP contribution in [-0.2, 0) is 0 Å². The van der Waals surface area contributed by atoms with Crippen LogP contribution in [0.2, 0.25) is 0 Å². The highest BCUT2D eigenvalue weighted by Crippen LogP contribution is 2.29. The van der Waals surface area contributed by atoms with Crippen LogP contribution in [0.1, 0.15) is 25.5 Å². The third-order valence-corrected chi connectivity index (χ3v) is 3.13. The van der Waals surface area contributed by atoms with Gasteiger partial charge in [-0.1, -0.05) is 26.0 Å². The molecule has 0 aromatic heterocycles. The Labute approximate surface area is 92.8 Å². The summed E-state index contributed by atoms with van der Waals surface area (Å²) in [4.78, 5) is 0. The summed E-state index contributed by atoms with van der Waals surface area (Å²) in [5, 5.41) is 3.19. The average Bonchev–Trinajstić information content (AvgIpc) is 2.13. The predicted octanol–water partition coefficient (Wildman–Crippen LogP) is 3.50. The molecule has 1 rings (SSSR count). The van der Waals surface area contributed by atoms with Gasteiger partial charge in [0.15, 0.2) is 0 Å². The van der Waals surface area contributed by atoms with Gasteiger partial charge in [-0.3, -0.25) is 0 Å². The van der Waals surface area contributed by atoms with Gasteiger partial charge in [-0.2, -0.15) is 0 Å². The summed E-state index contributed by atoms with van der Waals surface area (Å²) in [6, 6.07) is 5.32. The van der Waals surface area contributed by atoms with Crippen LogP contribution >= 0.6 is 15.9 Å². The largest absolute Gasteiger partial charge is 0.313 e. The monoisotopic (exact) mass is 259 g/mol. The van der Waals surface area contributed by atoms with Gasteiger partial charge in [0.25, 0.3) is 0 Å². The van der Waals surface area contributed by atoms with Crippen LogP contribution < -0.4 is 5.32 Å². The highest BCUT2D eigenvalue weighted by Gasteiger charge is 2.17. The normalized spacial score (nSPS) is 13.3. The van der Waals surface area contributed by atoms with Crippen molar-refractivity contribution in [2.75, 3.05) is 7.05 Å². The molecule has 0 amide bonds. The van der Waals surface area contributed by atoms with Gasteiger partial charge in [-0.15, -0.1) is 0 Å². The average molecular weight is 260 g/mol. The molecule has 0 aliphatic heterocycles. The van der Waals surface area contributed by atoms with E-state index in [1.807, 2.05) is 13.1 Å². The van der Waals surface area contributed by atoms with Gasteiger partial charge in [-0.05, 0) is 40.5 Å². The Morgan fingerprint density at radius 1 is 1.36 bits per heavy atom. The SMILES string of the molecule is CNC(c1cccc(F)c1Br)C(C)C. The Bertz CT molecular complexity index is 312. The van der Waals surface area contributed by atoms with E-state index in [0.717, 1.165) is 5.56 Å². The number of nitrogens with one attached hydrogen (secondary N) is 1. The molecule has 78 valence electrons. The number of benzene rings is 1. The Morgan fingerprint density at radius 2 is 2.00 bits per heavy atom. The fourth-order valence-corrected chi connectivity index (χ4v) is 2.12. The second kappa shape index (κ2) is 4.89. The smallest absolute Gasteiger partial charge is 0.137 e. The first-order chi connectivity index (χ1) is 6.57. The van der Waals surface area contributed by atoms with Gasteiger partial charge in [0.2, 0.25) is 0 Å². The minimum absolute atomic E-state index is 0.181. The van der Waals surface area contributed by atoms with Gasteiger partial charge in [0.05, 0.1) is 4.47 Å². The van der Waals surface area contributed by atoms with Gasteiger partial charge in [0, 0.05) is 6.04 Å². The minimum atomic E-state index is -0.205. The fourth-order valence-electron chi connectivity index (χ4n) is 1.61. The lowest BCUT2D eigenvalue weighted by Crippen LogP contribution is -2.22. The molecule has 0 saturated heterocycles. The highest BCUT2D eigenvalue weighted by atomic mass is 79.9. The van der Waals surface area contributed by atoms with E-state index in [1.165, 1.54) is 6.07 Å². The molecule has 1 aromatic carbocycles. The predicted molar refractivity (Wildman–Crippen MR) is 60.7 cm³/mol. The van der Waals surface area contributed by atoms with Gasteiger partial charge < -0.3 is 5.32 Å². The zero-order valence-electron chi connectivity index (χ0n) is 8.64. The standard InChI is InChI=1S/C11H15BrFN/c1-7(2)11(14-3)8-5-4-6-9(13)10(8)12/h4-7,11,14H,1-3H3. The van der Waals surface area contributed by atoms with E-state index in [-0.39, 0.29) is 11.9 Å². The molecule has 0 spiro atoms. The maximum absolute atomic E-state index is 13.3. The van der Waals surface area contributed by atoms with Crippen molar-refractivity contribution in [1.82, 2.24) is 5.32 Å². The molecule has 14 heavy (non-hydrogen) atoms. The molecule has 0 fully saturated rings. The van der Waals surface area contributed by atoms with E-state index < -0.39 is 0 Å². The molecule has 0 heterocycles. The molecule has 0 bridgehead atoms. The van der Waals surface area contributed by atoms with Crippen molar-refractivity contribution in [2.24, 2.45) is 5.92 Å². The van der Waals surface area contributed by atoms with Gasteiger partial charge in [0.1, 0.15) is 5.82 Å². The minimum Gasteiger partial charge on any atom is -0.313 e. The first-order valence-corrected chi connectivity index (χ1v) is 5.48. The van der Waals surface area contributed by atoms with Crippen LogP contribution in [0.3, 0.4) is 0 Å². The molecular formula is C11H15BrFN. The molecule has 0 saturated carbocycles. The van der Waals surface area contributed by atoms with Crippen molar-refractivity contribution in [2.45, 2.75) is 19.9 Å². The summed E-state index contributed by atoms with van der Waals surface area (Å²) >= 11 is 3.27. The van der Waals surface area contributed by atoms with Gasteiger partial charge in [-0.25, -0.2) is 4.39 Å². The Kier molecular flexibility index (Phi) is 4.08. The van der Waals surface area contributed by atoms with E-state index >= 15 is 0 Å². The third-order valence-electron chi connectivity index (χ3n) is 2.29. The summed E-state index contributed by atoms with van der Waals surface area (Å²) in [6.45, 7) is 4.22. The molecule has 0 radical (unpaired) electrons. The summed E-state index contributed by atoms with van der Waals surface area (Å²) in [7, 11) is 1.89. The summed E-state index contributed by atoms with van der Waals surface area (Å²) in [5.41, 5.74) is 0.975. The molecule has 3 heteroatoms. The van der Waals surface area contributed by atoms with Crippen molar-refractivity contribution in [1.29, 1.82) is 0 Å². The first kappa shape index (κ1) is 11.7. The quantitative estimate of drug-likeness (QED) is 0.877. The molecule has 1 unspecified atom stereocenters. The molecule has 1 aromatic rings. The van der Waals surface area contributed by atoms with Crippen molar-refractivity contribution in [3.8, 4) is 0 Å². The van der Waals surface area contributed by atoms with Gasteiger partial charge >= 0.3 is 0 Å². The number of halogens is 2. The lowest BCUT2D eigenvalue weighted by Gasteiger charge is -2.21. The Morgan fingerprint density at radius 3 is 2.50 bits per heavy atom. The topological polar surface area (TPSA) is 12.0 Å². The summed E-state index contributed by atoms with van der Waals surface area (Å²) < 4.78 is 13.8. The summed E-state index contributed by atoms with van der Waals surface area (Å²) in [5.74, 6) is 0.224. The van der Waals surface area contributed by atoms with Crippen molar-refractivity contribution >= 4 is 15.9 Å². The zero-order valence-corrected chi connectivity index (χ0v) is 10.2. The molecular weight excluding hydrogens is 245 g/mol. The van der Waals surface area contributed by atoms with E-state index in [9.17, 15) is 4.39 Å². The van der Waals surface area contributed by atoms with E-state index in [1.54, 1.807) is 6.07 Å². The van der Waals surface area contributed by atoms with Crippen molar-refractivity contribution in [3.05, 3.63) is 34.1 Å². The van der Waals surface area contributed by atoms with E-state index in [0.29, 0.717) is 10.4 Å². The van der Waals surface area contributed by atoms with E-state index in [2.05, 4.69) is 35.1 Å². The zero-order chi connectivity index (χ0) is 10.7. The second-order valence-corrected chi connectivity index (χ2v) is 4.45. The van der Waals surface area contributed by atoms with Crippen LogP contribution in [0.4, 0.5) is 4.39 Å². The van der Waals surface area contributed by atoms with Crippen LogP contribution in [-0.4, -0.2) is 7.05 Å². The van der Waals surface area contributed by atoms with E-state index in [4.69, 9.17) is 0 Å². The number of rotatable bonds is 3. The van der Waals surface area contributed by atoms with Crippen LogP contribution in [0.25, 0.3) is 0 Å². The lowest BCUT2D eigenvalue weighted by atomic mass is 9.96. The Balaban J connectivity index is 3.10. The maximum Gasteiger partial charge on any atom is 0.137 e. The summed E-state index contributed by atoms with van der Waals surface area (Å²) in [6.07, 6.45) is 0. The Hall–Kier alpha value is -0.410. The van der Waals surface area contributed by atoms with Crippen molar-refractivity contribution < 1.29 is 4.39 Å². The molecule has 0 aliphatic carbocycles. The molecule has 1 atom stereocenters. The lowest BCUT2D eigenvalue weighted by molar-refractivity contribution is 0.439. The maximum atomic E-state index is 13.3. The van der Waals surface area contributed by atoms with Crippen LogP contribution in [0.5, 0.6) is 0 Å². The highest BCUT2D eigenvalue weighted by molar-refractivity contribution is 9.10. The number of hydrogen-bond acceptors (Lipinski definition) is 1. The van der Waals surface area contributed by atoms with Crippen molar-refractivity contribution in [3.63, 3.8) is 0 Å². The molecule has 0 aliphatic rings. The number of hydrogen-bond donors (Lipinski definition) is 1. The van der Waals surface area contributed by atoms with Crippen LogP contribution in [0.15, 0.2) is 22.7 Å². The second-order valence-electron chi connectivity index (χ2n) is 3.65. The third kappa shape index (κ3) is 2.34. The first-order valence-electron chi connectivity index (χ1n) is 4.69.